The van der Waals surface area contributed by atoms with Crippen molar-refractivity contribution in [2.75, 3.05) is 19.0 Å². The molecule has 2 rings (SSSR count). The first-order valence-corrected chi connectivity index (χ1v) is 9.59. The van der Waals surface area contributed by atoms with E-state index in [1.807, 2.05) is 4.72 Å². The van der Waals surface area contributed by atoms with Crippen molar-refractivity contribution in [2.45, 2.75) is 17.9 Å². The van der Waals surface area contributed by atoms with Crippen molar-refractivity contribution in [1.82, 2.24) is 4.72 Å². The Morgan fingerprint density at radius 3 is 2.43 bits per heavy atom. The molecule has 0 spiro atoms. The van der Waals surface area contributed by atoms with Gasteiger partial charge in [0.1, 0.15) is 18.1 Å². The molecule has 8 nitrogen and oxygen atoms in total. The maximum atomic E-state index is 13.1. The van der Waals surface area contributed by atoms with Crippen molar-refractivity contribution >= 4 is 27.6 Å². The Kier molecular flexibility index (Phi) is 7.07. The van der Waals surface area contributed by atoms with E-state index in [1.165, 1.54) is 26.2 Å². The van der Waals surface area contributed by atoms with E-state index in [9.17, 15) is 22.4 Å². The lowest BCUT2D eigenvalue weighted by Crippen LogP contribution is -2.35. The molecule has 0 unspecified atom stereocenters. The van der Waals surface area contributed by atoms with Crippen LogP contribution < -0.4 is 14.8 Å². The van der Waals surface area contributed by atoms with Crippen LogP contribution in [0.25, 0.3) is 0 Å². The second kappa shape index (κ2) is 9.29. The average molecular weight is 410 g/mol. The first-order valence-electron chi connectivity index (χ1n) is 8.11. The van der Waals surface area contributed by atoms with Gasteiger partial charge in [-0.25, -0.2) is 12.8 Å². The number of carbonyl (C=O) groups is 2. The third-order valence-electron chi connectivity index (χ3n) is 3.55. The predicted molar refractivity (Wildman–Crippen MR) is 98.8 cm³/mol. The highest BCUT2D eigenvalue weighted by molar-refractivity contribution is 7.89. The van der Waals surface area contributed by atoms with Crippen LogP contribution in [0.5, 0.6) is 5.75 Å². The highest BCUT2D eigenvalue weighted by Crippen LogP contribution is 2.15. The molecule has 2 aromatic rings. The predicted octanol–water partition coefficient (Wildman–Crippen LogP) is 1.68. The van der Waals surface area contributed by atoms with Gasteiger partial charge in [-0.15, -0.1) is 0 Å². The number of nitrogens with one attached hydrogen (secondary N) is 2. The molecule has 1 atom stereocenters. The van der Waals surface area contributed by atoms with E-state index in [-0.39, 0.29) is 4.90 Å². The van der Waals surface area contributed by atoms with Crippen LogP contribution in [0.2, 0.25) is 0 Å². The Labute approximate surface area is 161 Å². The zero-order valence-corrected chi connectivity index (χ0v) is 16.0. The molecule has 2 N–H and O–H groups in total. The molecule has 0 saturated heterocycles. The van der Waals surface area contributed by atoms with Gasteiger partial charge in [0.25, 0.3) is 5.91 Å². The zero-order chi connectivity index (χ0) is 20.7. The monoisotopic (exact) mass is 410 g/mol. The number of anilines is 1. The topological polar surface area (TPSA) is 111 Å². The number of hydrogen-bond donors (Lipinski definition) is 2. The second-order valence-corrected chi connectivity index (χ2v) is 7.40. The zero-order valence-electron chi connectivity index (χ0n) is 15.1. The van der Waals surface area contributed by atoms with Gasteiger partial charge in [-0.05, 0) is 49.4 Å². The summed E-state index contributed by atoms with van der Waals surface area (Å²) >= 11 is 0. The first-order chi connectivity index (χ1) is 13.2. The van der Waals surface area contributed by atoms with E-state index in [0.29, 0.717) is 11.4 Å². The third-order valence-corrected chi connectivity index (χ3v) is 4.95. The van der Waals surface area contributed by atoms with Crippen molar-refractivity contribution in [3.8, 4) is 5.75 Å². The number of ether oxygens (including phenoxy) is 2. The summed E-state index contributed by atoms with van der Waals surface area (Å²) in [6.07, 6.45) is -1.16. The molecule has 28 heavy (non-hydrogen) atoms. The summed E-state index contributed by atoms with van der Waals surface area (Å²) in [5, 5.41) is 2.55. The molecule has 0 heterocycles. The van der Waals surface area contributed by atoms with Crippen LogP contribution in [0.4, 0.5) is 10.1 Å². The number of hydrogen-bond acceptors (Lipinski definition) is 6. The summed E-state index contributed by atoms with van der Waals surface area (Å²) in [7, 11) is -2.58. The van der Waals surface area contributed by atoms with E-state index < -0.39 is 40.4 Å². The number of esters is 1. The minimum atomic E-state index is -4.09. The molecule has 0 fully saturated rings. The lowest BCUT2D eigenvalue weighted by Gasteiger charge is -2.14. The normalized spacial score (nSPS) is 12.1. The molecule has 0 radical (unpaired) electrons. The second-order valence-electron chi connectivity index (χ2n) is 5.63. The average Bonchev–Trinajstić information content (AvgIpc) is 2.67. The van der Waals surface area contributed by atoms with E-state index in [4.69, 9.17) is 9.47 Å². The van der Waals surface area contributed by atoms with Gasteiger partial charge in [0, 0.05) is 5.69 Å². The maximum Gasteiger partial charge on any atom is 0.321 e. The Morgan fingerprint density at radius 1 is 1.14 bits per heavy atom. The molecule has 10 heteroatoms. The number of amides is 1. The summed E-state index contributed by atoms with van der Waals surface area (Å²) in [5.41, 5.74) is 0.473. The molecule has 150 valence electrons. The van der Waals surface area contributed by atoms with Crippen LogP contribution in [0, 0.1) is 5.82 Å². The van der Waals surface area contributed by atoms with Crippen LogP contribution >= 0.6 is 0 Å². The van der Waals surface area contributed by atoms with E-state index in [2.05, 4.69) is 5.32 Å². The van der Waals surface area contributed by atoms with Gasteiger partial charge in [-0.2, -0.15) is 4.72 Å². The quantitative estimate of drug-likeness (QED) is 0.641. The van der Waals surface area contributed by atoms with Crippen LogP contribution in [-0.2, 0) is 24.3 Å². The number of halogens is 1. The van der Waals surface area contributed by atoms with Crippen LogP contribution in [0.1, 0.15) is 6.92 Å². The van der Waals surface area contributed by atoms with E-state index in [1.54, 1.807) is 24.3 Å². The largest absolute Gasteiger partial charge is 0.497 e. The van der Waals surface area contributed by atoms with Gasteiger partial charge < -0.3 is 14.8 Å². The molecule has 0 aromatic heterocycles. The Hall–Kier alpha value is -2.98. The standard InChI is InChI=1S/C18H19FN2O6S/c1-12(18(23)21-14-6-8-15(26-2)9-7-14)27-17(22)11-20-28(24,25)16-5-3-4-13(19)10-16/h3-10,12,20H,11H2,1-2H3,(H,21,23)/t12-/m1/s1. The summed E-state index contributed by atoms with van der Waals surface area (Å²) in [4.78, 5) is 23.6. The summed E-state index contributed by atoms with van der Waals surface area (Å²) in [6, 6.07) is 10.8. The van der Waals surface area contributed by atoms with Crippen molar-refractivity contribution in [3.05, 3.63) is 54.3 Å². The van der Waals surface area contributed by atoms with Crippen LogP contribution in [0.15, 0.2) is 53.4 Å². The lowest BCUT2D eigenvalue weighted by molar-refractivity contribution is -0.151. The molecular formula is C18H19FN2O6S. The van der Waals surface area contributed by atoms with Gasteiger partial charge in [0.15, 0.2) is 6.10 Å². The number of benzene rings is 2. The van der Waals surface area contributed by atoms with Gasteiger partial charge in [0.2, 0.25) is 10.0 Å². The Bertz CT molecular complexity index is 947. The van der Waals surface area contributed by atoms with E-state index in [0.717, 1.165) is 12.1 Å². The minimum absolute atomic E-state index is 0.328. The molecular weight excluding hydrogens is 391 g/mol. The molecule has 0 aliphatic carbocycles. The van der Waals surface area contributed by atoms with E-state index >= 15 is 0 Å². The fourth-order valence-corrected chi connectivity index (χ4v) is 3.08. The minimum Gasteiger partial charge on any atom is -0.497 e. The number of carbonyl (C=O) groups excluding carboxylic acids is 2. The fraction of sp³-hybridized carbons (Fsp3) is 0.222. The molecule has 1 amide bonds. The fourth-order valence-electron chi connectivity index (χ4n) is 2.08. The first kappa shape index (κ1) is 21.3. The molecule has 2 aromatic carbocycles. The highest BCUT2D eigenvalue weighted by Gasteiger charge is 2.21. The van der Waals surface area contributed by atoms with Crippen molar-refractivity contribution < 1.29 is 31.9 Å². The van der Waals surface area contributed by atoms with Gasteiger partial charge >= 0.3 is 5.97 Å². The van der Waals surface area contributed by atoms with Crippen LogP contribution in [0.3, 0.4) is 0 Å². The number of rotatable bonds is 8. The van der Waals surface area contributed by atoms with Crippen molar-refractivity contribution in [3.63, 3.8) is 0 Å². The van der Waals surface area contributed by atoms with Gasteiger partial charge in [-0.3, -0.25) is 9.59 Å². The molecule has 0 bridgehead atoms. The highest BCUT2D eigenvalue weighted by atomic mass is 32.2. The summed E-state index contributed by atoms with van der Waals surface area (Å²) in [5.74, 6) is -1.67. The van der Waals surface area contributed by atoms with Gasteiger partial charge in [0.05, 0.1) is 12.0 Å². The number of methoxy groups -OCH3 is 1. The SMILES string of the molecule is COc1ccc(NC(=O)[C@@H](C)OC(=O)CNS(=O)(=O)c2cccc(F)c2)cc1. The van der Waals surface area contributed by atoms with Crippen LogP contribution in [-0.4, -0.2) is 40.1 Å². The maximum absolute atomic E-state index is 13.1. The van der Waals surface area contributed by atoms with Gasteiger partial charge in [-0.1, -0.05) is 6.07 Å². The summed E-state index contributed by atoms with van der Waals surface area (Å²) < 4.78 is 49.1. The molecule has 0 saturated carbocycles. The van der Waals surface area contributed by atoms with Crippen molar-refractivity contribution in [1.29, 1.82) is 0 Å². The van der Waals surface area contributed by atoms with Crippen molar-refractivity contribution in [2.24, 2.45) is 0 Å². The Morgan fingerprint density at radius 2 is 1.82 bits per heavy atom. The third kappa shape index (κ3) is 6.03. The molecule has 0 aliphatic heterocycles. The Balaban J connectivity index is 1.86. The summed E-state index contributed by atoms with van der Waals surface area (Å²) in [6.45, 7) is 0.636. The number of sulfonamides is 1. The smallest absolute Gasteiger partial charge is 0.321 e. The lowest BCUT2D eigenvalue weighted by atomic mass is 10.3. The molecule has 0 aliphatic rings.